The molecule has 0 spiro atoms. The Bertz CT molecular complexity index is 820. The van der Waals surface area contributed by atoms with Crippen LogP contribution in [0.5, 0.6) is 5.75 Å². The highest BCUT2D eigenvalue weighted by Gasteiger charge is 2.28. The van der Waals surface area contributed by atoms with Gasteiger partial charge in [0.25, 0.3) is 0 Å². The van der Waals surface area contributed by atoms with Crippen LogP contribution in [0.15, 0.2) is 33.3 Å². The minimum absolute atomic E-state index is 0.0191. The van der Waals surface area contributed by atoms with Crippen LogP contribution in [-0.4, -0.2) is 44.8 Å². The summed E-state index contributed by atoms with van der Waals surface area (Å²) < 4.78 is 29.2. The van der Waals surface area contributed by atoms with Crippen molar-refractivity contribution >= 4 is 44.1 Å². The van der Waals surface area contributed by atoms with Gasteiger partial charge >= 0.3 is 6.03 Å². The number of amides is 2. The van der Waals surface area contributed by atoms with E-state index >= 15 is 0 Å². The molecule has 9 heteroatoms. The van der Waals surface area contributed by atoms with Gasteiger partial charge in [0.15, 0.2) is 9.84 Å². The molecule has 1 atom stereocenters. The summed E-state index contributed by atoms with van der Waals surface area (Å²) in [5.41, 5.74) is 4.08. The van der Waals surface area contributed by atoms with Crippen LogP contribution in [0.4, 0.5) is 4.79 Å². The van der Waals surface area contributed by atoms with Gasteiger partial charge in [-0.1, -0.05) is 15.9 Å². The number of hydrogen-bond donors (Lipinski definition) is 2. The van der Waals surface area contributed by atoms with Gasteiger partial charge in [-0.2, -0.15) is 5.10 Å². The predicted molar refractivity (Wildman–Crippen MR) is 94.8 cm³/mol. The largest absolute Gasteiger partial charge is 0.488 e. The number of benzene rings is 1. The van der Waals surface area contributed by atoms with Crippen molar-refractivity contribution < 1.29 is 17.9 Å². The number of carbonyl (C=O) groups is 1. The summed E-state index contributed by atoms with van der Waals surface area (Å²) in [6, 6.07) is 4.84. The Labute approximate surface area is 148 Å². The molecule has 2 aliphatic heterocycles. The van der Waals surface area contributed by atoms with Gasteiger partial charge in [-0.25, -0.2) is 18.6 Å². The molecule has 0 radical (unpaired) electrons. The van der Waals surface area contributed by atoms with E-state index in [2.05, 4.69) is 31.8 Å². The third-order valence-electron chi connectivity index (χ3n) is 3.67. The fourth-order valence-corrected chi connectivity index (χ4v) is 4.59. The zero-order chi connectivity index (χ0) is 17.2. The van der Waals surface area contributed by atoms with Crippen LogP contribution < -0.4 is 15.5 Å². The maximum absolute atomic E-state index is 11.7. The Balaban J connectivity index is 1.54. The summed E-state index contributed by atoms with van der Waals surface area (Å²) in [4.78, 5) is 11.7. The van der Waals surface area contributed by atoms with E-state index in [0.717, 1.165) is 21.4 Å². The molecule has 7 nitrogen and oxygen atoms in total. The molecule has 2 heterocycles. The Morgan fingerprint density at radius 3 is 3.00 bits per heavy atom. The lowest BCUT2D eigenvalue weighted by atomic mass is 10.1. The van der Waals surface area contributed by atoms with E-state index in [1.165, 1.54) is 6.21 Å². The third kappa shape index (κ3) is 4.35. The zero-order valence-corrected chi connectivity index (χ0v) is 15.1. The van der Waals surface area contributed by atoms with E-state index in [4.69, 9.17) is 4.74 Å². The van der Waals surface area contributed by atoms with Crippen LogP contribution in [0.25, 0.3) is 6.08 Å². The van der Waals surface area contributed by atoms with Gasteiger partial charge in [0.05, 0.1) is 17.7 Å². The third-order valence-corrected chi connectivity index (χ3v) is 5.93. The Morgan fingerprint density at radius 1 is 1.42 bits per heavy atom. The van der Waals surface area contributed by atoms with Gasteiger partial charge < -0.3 is 10.1 Å². The monoisotopic (exact) mass is 413 g/mol. The van der Waals surface area contributed by atoms with E-state index in [1.807, 2.05) is 24.3 Å². The van der Waals surface area contributed by atoms with E-state index in [9.17, 15) is 13.2 Å². The first-order valence-electron chi connectivity index (χ1n) is 7.34. The van der Waals surface area contributed by atoms with Crippen LogP contribution in [-0.2, 0) is 9.84 Å². The van der Waals surface area contributed by atoms with Gasteiger partial charge in [-0.15, -0.1) is 0 Å². The normalized spacial score (nSPS) is 21.7. The lowest BCUT2D eigenvalue weighted by Gasteiger charge is -2.15. The van der Waals surface area contributed by atoms with Gasteiger partial charge in [-0.3, -0.25) is 0 Å². The summed E-state index contributed by atoms with van der Waals surface area (Å²) in [5, 5.41) is 6.47. The average molecular weight is 414 g/mol. The van der Waals surface area contributed by atoms with Gasteiger partial charge in [0, 0.05) is 21.7 Å². The Kier molecular flexibility index (Phi) is 4.91. The first-order chi connectivity index (χ1) is 11.4. The highest BCUT2D eigenvalue weighted by molar-refractivity contribution is 9.10. The topological polar surface area (TPSA) is 96.9 Å². The molecule has 2 N–H and O–H groups in total. The zero-order valence-electron chi connectivity index (χ0n) is 12.7. The number of rotatable bonds is 3. The number of halogens is 1. The molecular formula is C15H16BrN3O4S. The number of carbonyl (C=O) groups excluding carboxylic acids is 1. The number of fused-ring (bicyclic) bond motifs is 1. The van der Waals surface area contributed by atoms with Crippen molar-refractivity contribution in [1.82, 2.24) is 10.7 Å². The number of nitrogens with one attached hydrogen (secondary N) is 2. The molecule has 2 amide bonds. The molecule has 1 aromatic carbocycles. The molecule has 2 aliphatic rings. The smallest absolute Gasteiger partial charge is 0.335 e. The molecule has 1 saturated heterocycles. The van der Waals surface area contributed by atoms with Crippen LogP contribution >= 0.6 is 15.9 Å². The minimum atomic E-state index is -3.02. The summed E-state index contributed by atoms with van der Waals surface area (Å²) in [5.74, 6) is 0.887. The van der Waals surface area contributed by atoms with Gasteiger partial charge in [0.2, 0.25) is 0 Å². The molecule has 0 bridgehead atoms. The second-order valence-corrected chi connectivity index (χ2v) is 8.78. The summed E-state index contributed by atoms with van der Waals surface area (Å²) in [6.45, 7) is 0.363. The van der Waals surface area contributed by atoms with Gasteiger partial charge in [0.1, 0.15) is 12.4 Å². The van der Waals surface area contributed by atoms with Crippen LogP contribution in [0.2, 0.25) is 0 Å². The summed E-state index contributed by atoms with van der Waals surface area (Å²) in [7, 11) is -3.02. The van der Waals surface area contributed by atoms with E-state index in [1.54, 1.807) is 0 Å². The Morgan fingerprint density at radius 2 is 2.25 bits per heavy atom. The van der Waals surface area contributed by atoms with E-state index < -0.39 is 15.9 Å². The summed E-state index contributed by atoms with van der Waals surface area (Å²) >= 11 is 3.41. The van der Waals surface area contributed by atoms with E-state index in [0.29, 0.717) is 13.0 Å². The molecular weight excluding hydrogens is 398 g/mol. The first kappa shape index (κ1) is 17.0. The fraction of sp³-hybridized carbons (Fsp3) is 0.333. The standard InChI is InChI=1S/C15H16BrN3O4S/c16-12-1-2-14-11(6-12)5-10(8-23-14)7-17-19-15(20)18-13-3-4-24(21,22)9-13/h1-2,5-7,13H,3-4,8-9H2,(H2,18,19,20). The Hall–Kier alpha value is -1.87. The van der Waals surface area contributed by atoms with Crippen molar-refractivity contribution in [3.8, 4) is 5.75 Å². The molecule has 0 aromatic heterocycles. The molecule has 1 aromatic rings. The van der Waals surface area contributed by atoms with Crippen molar-refractivity contribution in [2.24, 2.45) is 5.10 Å². The maximum Gasteiger partial charge on any atom is 0.335 e. The second kappa shape index (κ2) is 6.94. The fourth-order valence-electron chi connectivity index (χ4n) is 2.54. The van der Waals surface area contributed by atoms with Crippen LogP contribution in [0.1, 0.15) is 12.0 Å². The summed E-state index contributed by atoms with van der Waals surface area (Å²) in [6.07, 6.45) is 3.87. The van der Waals surface area contributed by atoms with Crippen molar-refractivity contribution in [3.63, 3.8) is 0 Å². The highest BCUT2D eigenvalue weighted by Crippen LogP contribution is 2.28. The number of nitrogens with zero attached hydrogens (tertiary/aromatic N) is 1. The minimum Gasteiger partial charge on any atom is -0.488 e. The SMILES string of the molecule is O=C(NN=CC1=Cc2cc(Br)ccc2OC1)NC1CCS(=O)(=O)C1. The maximum atomic E-state index is 11.7. The second-order valence-electron chi connectivity index (χ2n) is 5.63. The quantitative estimate of drug-likeness (QED) is 0.581. The molecule has 0 aliphatic carbocycles. The number of ether oxygens (including phenoxy) is 1. The molecule has 0 saturated carbocycles. The van der Waals surface area contributed by atoms with Crippen molar-refractivity contribution in [1.29, 1.82) is 0 Å². The van der Waals surface area contributed by atoms with Crippen LogP contribution in [0.3, 0.4) is 0 Å². The number of hydrazone groups is 1. The first-order valence-corrected chi connectivity index (χ1v) is 9.96. The molecule has 128 valence electrons. The predicted octanol–water partition coefficient (Wildman–Crippen LogP) is 1.70. The lowest BCUT2D eigenvalue weighted by molar-refractivity contribution is 0.238. The van der Waals surface area contributed by atoms with Crippen molar-refractivity contribution in [2.45, 2.75) is 12.5 Å². The molecule has 24 heavy (non-hydrogen) atoms. The average Bonchev–Trinajstić information content (AvgIpc) is 2.85. The van der Waals surface area contributed by atoms with Gasteiger partial charge in [-0.05, 0) is 30.7 Å². The lowest BCUT2D eigenvalue weighted by Crippen LogP contribution is -2.40. The van der Waals surface area contributed by atoms with Crippen LogP contribution in [0, 0.1) is 0 Å². The number of urea groups is 1. The highest BCUT2D eigenvalue weighted by atomic mass is 79.9. The molecule has 1 unspecified atom stereocenters. The number of hydrogen-bond acceptors (Lipinski definition) is 5. The number of sulfone groups is 1. The van der Waals surface area contributed by atoms with Crippen molar-refractivity contribution in [3.05, 3.63) is 33.8 Å². The van der Waals surface area contributed by atoms with E-state index in [-0.39, 0.29) is 17.5 Å². The molecule has 1 fully saturated rings. The molecule has 3 rings (SSSR count). The van der Waals surface area contributed by atoms with Crippen molar-refractivity contribution in [2.75, 3.05) is 18.1 Å².